The summed E-state index contributed by atoms with van der Waals surface area (Å²) in [5, 5.41) is 3.56. The topological polar surface area (TPSA) is 18.5 Å². The van der Waals surface area contributed by atoms with Crippen molar-refractivity contribution in [3.63, 3.8) is 0 Å². The molecule has 0 saturated carbocycles. The zero-order valence-electron chi connectivity index (χ0n) is 14.5. The van der Waals surface area contributed by atoms with Gasteiger partial charge in [-0.25, -0.2) is 0 Å². The van der Waals surface area contributed by atoms with Gasteiger partial charge in [0.05, 0.1) is 0 Å². The fraction of sp³-hybridized carbons (Fsp3) is 1.00. The predicted octanol–water partition coefficient (Wildman–Crippen LogP) is 2.82. The van der Waals surface area contributed by atoms with Crippen LogP contribution in [0.3, 0.4) is 0 Å². The average molecular weight is 284 g/mol. The quantitative estimate of drug-likeness (QED) is 0.702. The monoisotopic (exact) mass is 283 g/mol. The van der Waals surface area contributed by atoms with Gasteiger partial charge >= 0.3 is 0 Å². The third-order valence-electron chi connectivity index (χ3n) is 4.88. The molecule has 1 N–H and O–H groups in total. The Hall–Kier alpha value is -0.120. The predicted molar refractivity (Wildman–Crippen MR) is 89.3 cm³/mol. The number of piperazine rings is 1. The highest BCUT2D eigenvalue weighted by Gasteiger charge is 2.28. The Kier molecular flexibility index (Phi) is 8.08. The van der Waals surface area contributed by atoms with E-state index in [2.05, 4.69) is 49.7 Å². The number of rotatable bonds is 9. The van der Waals surface area contributed by atoms with Gasteiger partial charge in [-0.05, 0) is 31.7 Å². The van der Waals surface area contributed by atoms with Crippen LogP contribution < -0.4 is 5.32 Å². The van der Waals surface area contributed by atoms with Gasteiger partial charge in [0.25, 0.3) is 0 Å². The van der Waals surface area contributed by atoms with Crippen LogP contribution in [0.4, 0.5) is 0 Å². The van der Waals surface area contributed by atoms with Crippen LogP contribution in [0.25, 0.3) is 0 Å². The first-order chi connectivity index (χ1) is 9.54. The molecule has 3 heteroatoms. The molecule has 0 amide bonds. The van der Waals surface area contributed by atoms with Crippen molar-refractivity contribution in [3.8, 4) is 0 Å². The minimum Gasteiger partial charge on any atom is -0.316 e. The fourth-order valence-electron chi connectivity index (χ4n) is 3.41. The number of hydrogen-bond donors (Lipinski definition) is 1. The molecule has 0 aromatic rings. The van der Waals surface area contributed by atoms with E-state index in [1.165, 1.54) is 52.0 Å². The molecule has 1 aliphatic heterocycles. The lowest BCUT2D eigenvalue weighted by Crippen LogP contribution is -2.52. The third-order valence-corrected chi connectivity index (χ3v) is 4.88. The van der Waals surface area contributed by atoms with Gasteiger partial charge in [-0.3, -0.25) is 4.90 Å². The Morgan fingerprint density at radius 3 is 2.25 bits per heavy atom. The molecule has 1 fully saturated rings. The first-order valence-electron chi connectivity index (χ1n) is 8.71. The third kappa shape index (κ3) is 5.71. The highest BCUT2D eigenvalue weighted by atomic mass is 15.3. The zero-order chi connectivity index (χ0) is 15.0. The largest absolute Gasteiger partial charge is 0.316 e. The summed E-state index contributed by atoms with van der Waals surface area (Å²) >= 11 is 0. The van der Waals surface area contributed by atoms with Crippen molar-refractivity contribution >= 4 is 0 Å². The molecule has 3 nitrogen and oxygen atoms in total. The minimum atomic E-state index is 0.434. The van der Waals surface area contributed by atoms with Crippen molar-refractivity contribution in [2.75, 3.05) is 45.8 Å². The van der Waals surface area contributed by atoms with Crippen LogP contribution >= 0.6 is 0 Å². The molecule has 2 atom stereocenters. The highest BCUT2D eigenvalue weighted by molar-refractivity contribution is 4.84. The van der Waals surface area contributed by atoms with Crippen LogP contribution in [0, 0.1) is 5.41 Å². The molecule has 0 bridgehead atoms. The maximum atomic E-state index is 3.56. The number of hydrogen-bond acceptors (Lipinski definition) is 3. The maximum absolute atomic E-state index is 3.56. The van der Waals surface area contributed by atoms with Crippen LogP contribution in [0.15, 0.2) is 0 Å². The molecular weight excluding hydrogens is 246 g/mol. The van der Waals surface area contributed by atoms with Gasteiger partial charge in [0.1, 0.15) is 0 Å². The summed E-state index contributed by atoms with van der Waals surface area (Å²) in [6, 6.07) is 0.751. The van der Waals surface area contributed by atoms with Gasteiger partial charge in [0.2, 0.25) is 0 Å². The lowest BCUT2D eigenvalue weighted by Gasteiger charge is -2.42. The van der Waals surface area contributed by atoms with E-state index in [0.29, 0.717) is 5.41 Å². The van der Waals surface area contributed by atoms with Crippen molar-refractivity contribution in [1.82, 2.24) is 15.1 Å². The summed E-state index contributed by atoms with van der Waals surface area (Å²) in [5.41, 5.74) is 0.434. The van der Waals surface area contributed by atoms with E-state index in [1.807, 2.05) is 0 Å². The van der Waals surface area contributed by atoms with Crippen molar-refractivity contribution in [2.45, 2.75) is 59.9 Å². The van der Waals surface area contributed by atoms with E-state index in [1.54, 1.807) is 0 Å². The van der Waals surface area contributed by atoms with Crippen molar-refractivity contribution in [3.05, 3.63) is 0 Å². The van der Waals surface area contributed by atoms with E-state index in [-0.39, 0.29) is 0 Å². The molecule has 1 heterocycles. The van der Waals surface area contributed by atoms with Crippen molar-refractivity contribution < 1.29 is 0 Å². The second kappa shape index (κ2) is 9.01. The second-order valence-corrected chi connectivity index (χ2v) is 6.91. The molecule has 0 aliphatic carbocycles. The Bertz CT molecular complexity index is 249. The number of nitrogens with one attached hydrogen (secondary N) is 1. The normalized spacial score (nSPS) is 22.6. The summed E-state index contributed by atoms with van der Waals surface area (Å²) in [6.07, 6.45) is 3.88. The first-order valence-corrected chi connectivity index (χ1v) is 8.71. The zero-order valence-corrected chi connectivity index (χ0v) is 14.5. The molecular formula is C17H37N3. The molecule has 0 aromatic heterocycles. The molecule has 1 saturated heterocycles. The summed E-state index contributed by atoms with van der Waals surface area (Å²) < 4.78 is 0. The molecule has 120 valence electrons. The Balaban J connectivity index is 2.42. The molecule has 0 spiro atoms. The van der Waals surface area contributed by atoms with Gasteiger partial charge in [-0.2, -0.15) is 0 Å². The maximum Gasteiger partial charge on any atom is 0.0113 e. The van der Waals surface area contributed by atoms with E-state index < -0.39 is 0 Å². The standard InChI is InChI=1S/C17H37N3/c1-6-9-17(5,14-18-8-3)15-19-10-12-20(13-11-19)16(4)7-2/h16,18H,6-15H2,1-5H3. The van der Waals surface area contributed by atoms with E-state index in [4.69, 9.17) is 0 Å². The SMILES string of the molecule is CCCC(C)(CNCC)CN1CCN(C(C)CC)CC1. The Morgan fingerprint density at radius 2 is 1.75 bits per heavy atom. The molecule has 1 rings (SSSR count). The molecule has 0 aromatic carbocycles. The molecule has 0 radical (unpaired) electrons. The van der Waals surface area contributed by atoms with Crippen LogP contribution in [0.2, 0.25) is 0 Å². The Labute approximate surface area is 127 Å². The van der Waals surface area contributed by atoms with Crippen LogP contribution in [-0.2, 0) is 0 Å². The van der Waals surface area contributed by atoms with E-state index in [0.717, 1.165) is 19.1 Å². The lowest BCUT2D eigenvalue weighted by atomic mass is 9.84. The molecule has 2 unspecified atom stereocenters. The van der Waals surface area contributed by atoms with Crippen LogP contribution in [0.1, 0.15) is 53.9 Å². The summed E-state index contributed by atoms with van der Waals surface area (Å²) in [6.45, 7) is 20.1. The highest BCUT2D eigenvalue weighted by Crippen LogP contribution is 2.24. The summed E-state index contributed by atoms with van der Waals surface area (Å²) in [5.74, 6) is 0. The fourth-order valence-corrected chi connectivity index (χ4v) is 3.41. The number of nitrogens with zero attached hydrogens (tertiary/aromatic N) is 2. The first kappa shape index (κ1) is 17.9. The van der Waals surface area contributed by atoms with Crippen LogP contribution in [0.5, 0.6) is 0 Å². The van der Waals surface area contributed by atoms with Gasteiger partial charge < -0.3 is 10.2 Å². The van der Waals surface area contributed by atoms with Gasteiger partial charge in [-0.15, -0.1) is 0 Å². The van der Waals surface area contributed by atoms with E-state index in [9.17, 15) is 0 Å². The van der Waals surface area contributed by atoms with Crippen molar-refractivity contribution in [1.29, 1.82) is 0 Å². The molecule has 20 heavy (non-hydrogen) atoms. The second-order valence-electron chi connectivity index (χ2n) is 6.91. The van der Waals surface area contributed by atoms with Crippen molar-refractivity contribution in [2.24, 2.45) is 5.41 Å². The van der Waals surface area contributed by atoms with E-state index >= 15 is 0 Å². The summed E-state index contributed by atoms with van der Waals surface area (Å²) in [4.78, 5) is 5.34. The Morgan fingerprint density at radius 1 is 1.10 bits per heavy atom. The average Bonchev–Trinajstić information content (AvgIpc) is 2.45. The molecule has 1 aliphatic rings. The van der Waals surface area contributed by atoms with Crippen LogP contribution in [-0.4, -0.2) is 61.7 Å². The van der Waals surface area contributed by atoms with Gasteiger partial charge in [0.15, 0.2) is 0 Å². The lowest BCUT2D eigenvalue weighted by molar-refractivity contribution is 0.0672. The van der Waals surface area contributed by atoms with Gasteiger partial charge in [0, 0.05) is 45.3 Å². The minimum absolute atomic E-state index is 0.434. The summed E-state index contributed by atoms with van der Waals surface area (Å²) in [7, 11) is 0. The smallest absolute Gasteiger partial charge is 0.0113 e. The van der Waals surface area contributed by atoms with Gasteiger partial charge in [-0.1, -0.05) is 34.1 Å².